The molecule has 0 atom stereocenters. The van der Waals surface area contributed by atoms with Crippen molar-refractivity contribution in [1.82, 2.24) is 4.90 Å². The Morgan fingerprint density at radius 2 is 1.81 bits per heavy atom. The van der Waals surface area contributed by atoms with Crippen molar-refractivity contribution in [2.24, 2.45) is 5.92 Å². The molecule has 1 rings (SSSR count). The standard InChI is InChI=1S/C12H21NO3/c1-4-16-12(15)10-5-7-11(8-6-10)13(3)9(2)14/h10-11H,4-8H2,1-3H3. The Bertz CT molecular complexity index is 257. The van der Waals surface area contributed by atoms with Crippen LogP contribution in [0.3, 0.4) is 0 Å². The Morgan fingerprint density at radius 3 is 2.25 bits per heavy atom. The van der Waals surface area contributed by atoms with Gasteiger partial charge in [0.2, 0.25) is 5.91 Å². The van der Waals surface area contributed by atoms with E-state index in [0.717, 1.165) is 25.7 Å². The Labute approximate surface area is 96.9 Å². The highest BCUT2D eigenvalue weighted by Gasteiger charge is 2.29. The van der Waals surface area contributed by atoms with E-state index in [9.17, 15) is 9.59 Å². The average Bonchev–Trinajstić information content (AvgIpc) is 2.28. The summed E-state index contributed by atoms with van der Waals surface area (Å²) in [5.41, 5.74) is 0. The molecule has 1 aliphatic carbocycles. The van der Waals surface area contributed by atoms with Crippen LogP contribution in [0.2, 0.25) is 0 Å². The number of carbonyl (C=O) groups is 2. The summed E-state index contributed by atoms with van der Waals surface area (Å²) in [6.45, 7) is 3.86. The zero-order valence-electron chi connectivity index (χ0n) is 10.4. The first kappa shape index (κ1) is 13.0. The van der Waals surface area contributed by atoms with Gasteiger partial charge in [0.15, 0.2) is 0 Å². The number of rotatable bonds is 3. The first-order valence-electron chi connectivity index (χ1n) is 5.96. The third-order valence-corrected chi connectivity index (χ3v) is 3.36. The Morgan fingerprint density at radius 1 is 1.25 bits per heavy atom. The van der Waals surface area contributed by atoms with Gasteiger partial charge < -0.3 is 9.64 Å². The predicted molar refractivity (Wildman–Crippen MR) is 60.8 cm³/mol. The molecule has 1 amide bonds. The Balaban J connectivity index is 2.39. The van der Waals surface area contributed by atoms with E-state index in [2.05, 4.69) is 0 Å². The van der Waals surface area contributed by atoms with E-state index in [1.807, 2.05) is 14.0 Å². The van der Waals surface area contributed by atoms with Crippen molar-refractivity contribution in [1.29, 1.82) is 0 Å². The fourth-order valence-corrected chi connectivity index (χ4v) is 2.22. The number of ether oxygens (including phenoxy) is 1. The molecule has 0 unspecified atom stereocenters. The predicted octanol–water partition coefficient (Wildman–Crippen LogP) is 1.59. The maximum Gasteiger partial charge on any atom is 0.308 e. The second-order valence-electron chi connectivity index (χ2n) is 4.39. The van der Waals surface area contributed by atoms with Gasteiger partial charge in [-0.05, 0) is 32.6 Å². The van der Waals surface area contributed by atoms with Gasteiger partial charge in [-0.1, -0.05) is 0 Å². The molecule has 0 heterocycles. The van der Waals surface area contributed by atoms with E-state index < -0.39 is 0 Å². The molecule has 1 aliphatic rings. The number of carbonyl (C=O) groups excluding carboxylic acids is 2. The van der Waals surface area contributed by atoms with Gasteiger partial charge in [-0.2, -0.15) is 0 Å². The second kappa shape index (κ2) is 5.87. The lowest BCUT2D eigenvalue weighted by Crippen LogP contribution is -2.39. The number of hydrogen-bond acceptors (Lipinski definition) is 3. The topological polar surface area (TPSA) is 46.6 Å². The lowest BCUT2D eigenvalue weighted by Gasteiger charge is -2.33. The van der Waals surface area contributed by atoms with E-state index in [-0.39, 0.29) is 17.8 Å². The molecule has 1 saturated carbocycles. The highest BCUT2D eigenvalue weighted by atomic mass is 16.5. The molecule has 16 heavy (non-hydrogen) atoms. The van der Waals surface area contributed by atoms with Crippen LogP contribution in [0, 0.1) is 5.92 Å². The van der Waals surface area contributed by atoms with Crippen LogP contribution in [-0.4, -0.2) is 36.5 Å². The minimum absolute atomic E-state index is 0.0385. The largest absolute Gasteiger partial charge is 0.466 e. The van der Waals surface area contributed by atoms with Gasteiger partial charge in [0, 0.05) is 20.0 Å². The van der Waals surface area contributed by atoms with Crippen molar-refractivity contribution in [3.05, 3.63) is 0 Å². The van der Waals surface area contributed by atoms with E-state index in [0.29, 0.717) is 12.6 Å². The molecule has 0 saturated heterocycles. The van der Waals surface area contributed by atoms with Gasteiger partial charge in [-0.25, -0.2) is 0 Å². The van der Waals surface area contributed by atoms with E-state index in [1.54, 1.807) is 11.8 Å². The highest BCUT2D eigenvalue weighted by molar-refractivity contribution is 5.74. The minimum atomic E-state index is -0.0774. The molecule has 0 aliphatic heterocycles. The molecule has 0 aromatic heterocycles. The van der Waals surface area contributed by atoms with Crippen molar-refractivity contribution in [2.75, 3.05) is 13.7 Å². The summed E-state index contributed by atoms with van der Waals surface area (Å²) in [7, 11) is 1.83. The first-order chi connectivity index (χ1) is 7.56. The number of esters is 1. The Hall–Kier alpha value is -1.06. The summed E-state index contributed by atoms with van der Waals surface area (Å²) in [5, 5.41) is 0. The van der Waals surface area contributed by atoms with Crippen molar-refractivity contribution in [2.45, 2.75) is 45.6 Å². The fourth-order valence-electron chi connectivity index (χ4n) is 2.22. The van der Waals surface area contributed by atoms with Crippen molar-refractivity contribution in [3.63, 3.8) is 0 Å². The van der Waals surface area contributed by atoms with Crippen LogP contribution in [0.25, 0.3) is 0 Å². The van der Waals surface area contributed by atoms with Gasteiger partial charge in [0.1, 0.15) is 0 Å². The maximum absolute atomic E-state index is 11.5. The first-order valence-corrected chi connectivity index (χ1v) is 5.96. The summed E-state index contributed by atoms with van der Waals surface area (Å²) in [6.07, 6.45) is 3.47. The molecule has 4 nitrogen and oxygen atoms in total. The molecule has 1 fully saturated rings. The van der Waals surface area contributed by atoms with Gasteiger partial charge in [-0.15, -0.1) is 0 Å². The summed E-state index contributed by atoms with van der Waals surface area (Å²) in [4.78, 5) is 24.5. The summed E-state index contributed by atoms with van der Waals surface area (Å²) >= 11 is 0. The van der Waals surface area contributed by atoms with Crippen LogP contribution in [0.4, 0.5) is 0 Å². The lowest BCUT2D eigenvalue weighted by molar-refractivity contribution is -0.149. The van der Waals surface area contributed by atoms with Gasteiger partial charge >= 0.3 is 5.97 Å². The van der Waals surface area contributed by atoms with E-state index in [4.69, 9.17) is 4.74 Å². The smallest absolute Gasteiger partial charge is 0.308 e. The van der Waals surface area contributed by atoms with Gasteiger partial charge in [0.05, 0.1) is 12.5 Å². The molecule has 4 heteroatoms. The summed E-state index contributed by atoms with van der Waals surface area (Å²) < 4.78 is 5.01. The average molecular weight is 227 g/mol. The van der Waals surface area contributed by atoms with Crippen LogP contribution in [-0.2, 0) is 14.3 Å². The zero-order chi connectivity index (χ0) is 12.1. The molecular formula is C12H21NO3. The van der Waals surface area contributed by atoms with Crippen LogP contribution in [0.5, 0.6) is 0 Å². The maximum atomic E-state index is 11.5. The molecule has 92 valence electrons. The third kappa shape index (κ3) is 3.22. The molecule has 0 N–H and O–H groups in total. The van der Waals surface area contributed by atoms with Crippen LogP contribution < -0.4 is 0 Å². The lowest BCUT2D eigenvalue weighted by atomic mass is 9.85. The second-order valence-corrected chi connectivity index (χ2v) is 4.39. The van der Waals surface area contributed by atoms with Crippen molar-refractivity contribution in [3.8, 4) is 0 Å². The number of amides is 1. The molecule has 0 aromatic carbocycles. The molecule has 0 spiro atoms. The van der Waals surface area contributed by atoms with Crippen molar-refractivity contribution < 1.29 is 14.3 Å². The van der Waals surface area contributed by atoms with Crippen LogP contribution in [0.15, 0.2) is 0 Å². The molecule has 0 bridgehead atoms. The fraction of sp³-hybridized carbons (Fsp3) is 0.833. The van der Waals surface area contributed by atoms with Gasteiger partial charge in [0.25, 0.3) is 0 Å². The highest BCUT2D eigenvalue weighted by Crippen LogP contribution is 2.27. The normalized spacial score (nSPS) is 24.9. The molecule has 0 aromatic rings. The van der Waals surface area contributed by atoms with E-state index >= 15 is 0 Å². The Kier molecular flexibility index (Phi) is 4.77. The van der Waals surface area contributed by atoms with Crippen molar-refractivity contribution >= 4 is 11.9 Å². The van der Waals surface area contributed by atoms with Gasteiger partial charge in [-0.3, -0.25) is 9.59 Å². The molecular weight excluding hydrogens is 206 g/mol. The third-order valence-electron chi connectivity index (χ3n) is 3.36. The monoisotopic (exact) mass is 227 g/mol. The summed E-state index contributed by atoms with van der Waals surface area (Å²) in [6, 6.07) is 0.295. The number of hydrogen-bond donors (Lipinski definition) is 0. The quantitative estimate of drug-likeness (QED) is 0.688. The van der Waals surface area contributed by atoms with Crippen LogP contribution in [0.1, 0.15) is 39.5 Å². The number of nitrogens with zero attached hydrogens (tertiary/aromatic N) is 1. The molecule has 0 radical (unpaired) electrons. The minimum Gasteiger partial charge on any atom is -0.466 e. The zero-order valence-corrected chi connectivity index (χ0v) is 10.4. The van der Waals surface area contributed by atoms with E-state index in [1.165, 1.54) is 0 Å². The SMILES string of the molecule is CCOC(=O)C1CCC(N(C)C(C)=O)CC1. The summed E-state index contributed by atoms with van der Waals surface area (Å²) in [5.74, 6) is 0.0579. The van der Waals surface area contributed by atoms with Crippen LogP contribution >= 0.6 is 0 Å².